The lowest BCUT2D eigenvalue weighted by atomic mass is 9.70. The second-order valence-electron chi connectivity index (χ2n) is 8.43. The van der Waals surface area contributed by atoms with E-state index in [2.05, 4.69) is 6.92 Å². The highest BCUT2D eigenvalue weighted by Crippen LogP contribution is 2.39. The van der Waals surface area contributed by atoms with Crippen LogP contribution in [0, 0.1) is 23.7 Å². The van der Waals surface area contributed by atoms with Crippen molar-refractivity contribution in [3.63, 3.8) is 0 Å². The lowest BCUT2D eigenvalue weighted by Gasteiger charge is -2.35. The van der Waals surface area contributed by atoms with Crippen LogP contribution in [-0.4, -0.2) is 22.3 Å². The van der Waals surface area contributed by atoms with Gasteiger partial charge in [-0.3, -0.25) is 4.79 Å². The summed E-state index contributed by atoms with van der Waals surface area (Å²) in [5.41, 5.74) is 0. The van der Waals surface area contributed by atoms with E-state index in [-0.39, 0.29) is 12.0 Å². The molecule has 3 aliphatic carbocycles. The van der Waals surface area contributed by atoms with Gasteiger partial charge in [-0.05, 0) is 69.1 Å². The molecule has 2 N–H and O–H groups in total. The normalized spacial score (nSPS) is 34.9. The van der Waals surface area contributed by atoms with Crippen molar-refractivity contribution in [3.8, 4) is 0 Å². The summed E-state index contributed by atoms with van der Waals surface area (Å²) >= 11 is 0. The number of aliphatic carboxylic acids is 1. The van der Waals surface area contributed by atoms with Crippen LogP contribution in [0.25, 0.3) is 0 Å². The minimum atomic E-state index is -0.613. The molecule has 0 unspecified atom stereocenters. The van der Waals surface area contributed by atoms with Crippen LogP contribution in [0.15, 0.2) is 0 Å². The molecule has 0 spiro atoms. The highest BCUT2D eigenvalue weighted by molar-refractivity contribution is 5.69. The number of hydrogen-bond acceptors (Lipinski definition) is 2. The van der Waals surface area contributed by atoms with Crippen LogP contribution < -0.4 is 0 Å². The van der Waals surface area contributed by atoms with Crippen molar-refractivity contribution < 1.29 is 15.0 Å². The first kappa shape index (κ1) is 19.8. The van der Waals surface area contributed by atoms with Crippen LogP contribution >= 0.6 is 0 Å². The SMILES string of the molecule is CCC1CCCCC1.O=C(O)C1CCC(C2CCC(O)CC2)CC1. The zero-order valence-corrected chi connectivity index (χ0v) is 15.6. The molecule has 140 valence electrons. The molecule has 3 heteroatoms. The first-order valence-corrected chi connectivity index (χ1v) is 10.5. The van der Waals surface area contributed by atoms with Crippen LogP contribution in [0.4, 0.5) is 0 Å². The van der Waals surface area contributed by atoms with Crippen LogP contribution in [0.2, 0.25) is 0 Å². The van der Waals surface area contributed by atoms with Crippen molar-refractivity contribution in [1.82, 2.24) is 0 Å². The molecule has 0 atom stereocenters. The van der Waals surface area contributed by atoms with Gasteiger partial charge >= 0.3 is 5.97 Å². The summed E-state index contributed by atoms with van der Waals surface area (Å²) in [4.78, 5) is 10.8. The Morgan fingerprint density at radius 1 is 0.792 bits per heavy atom. The molecular weight excluding hydrogens is 300 g/mol. The number of carboxylic acids is 1. The molecule has 0 saturated heterocycles. The minimum Gasteiger partial charge on any atom is -0.481 e. The Hall–Kier alpha value is -0.570. The van der Waals surface area contributed by atoms with E-state index >= 15 is 0 Å². The van der Waals surface area contributed by atoms with Crippen LogP contribution in [0.5, 0.6) is 0 Å². The number of carbonyl (C=O) groups is 1. The van der Waals surface area contributed by atoms with E-state index in [1.54, 1.807) is 0 Å². The number of carboxylic acid groups (broad SMARTS) is 1. The molecule has 0 bridgehead atoms. The summed E-state index contributed by atoms with van der Waals surface area (Å²) in [6, 6.07) is 0. The van der Waals surface area contributed by atoms with Crippen molar-refractivity contribution >= 4 is 5.97 Å². The van der Waals surface area contributed by atoms with Gasteiger partial charge in [-0.1, -0.05) is 45.4 Å². The van der Waals surface area contributed by atoms with Crippen LogP contribution in [-0.2, 0) is 4.79 Å². The third kappa shape index (κ3) is 6.38. The number of hydrogen-bond donors (Lipinski definition) is 2. The van der Waals surface area contributed by atoms with Gasteiger partial charge in [0, 0.05) is 0 Å². The van der Waals surface area contributed by atoms with Gasteiger partial charge < -0.3 is 10.2 Å². The Morgan fingerprint density at radius 3 is 1.71 bits per heavy atom. The largest absolute Gasteiger partial charge is 0.481 e. The molecule has 3 fully saturated rings. The Kier molecular flexibility index (Phi) is 8.58. The van der Waals surface area contributed by atoms with Gasteiger partial charge in [0.05, 0.1) is 12.0 Å². The molecule has 3 rings (SSSR count). The summed E-state index contributed by atoms with van der Waals surface area (Å²) in [5.74, 6) is 1.85. The zero-order valence-electron chi connectivity index (χ0n) is 15.6. The van der Waals surface area contributed by atoms with Gasteiger partial charge in [-0.15, -0.1) is 0 Å². The van der Waals surface area contributed by atoms with Gasteiger partial charge in [0.1, 0.15) is 0 Å². The highest BCUT2D eigenvalue weighted by Gasteiger charge is 2.32. The molecule has 0 radical (unpaired) electrons. The molecule has 24 heavy (non-hydrogen) atoms. The fourth-order valence-corrected chi connectivity index (χ4v) is 5.01. The third-order valence-electron chi connectivity index (χ3n) is 6.83. The van der Waals surface area contributed by atoms with Gasteiger partial charge in [0.25, 0.3) is 0 Å². The molecular formula is C21H38O3. The Balaban J connectivity index is 0.000000219. The fraction of sp³-hybridized carbons (Fsp3) is 0.952. The zero-order chi connectivity index (χ0) is 17.4. The third-order valence-corrected chi connectivity index (χ3v) is 6.83. The smallest absolute Gasteiger partial charge is 0.306 e. The van der Waals surface area contributed by atoms with Crippen molar-refractivity contribution in [2.45, 2.75) is 103 Å². The summed E-state index contributed by atoms with van der Waals surface area (Å²) in [6.07, 6.45) is 16.9. The average Bonchev–Trinajstić information content (AvgIpc) is 2.64. The minimum absolute atomic E-state index is 0.0772. The Bertz CT molecular complexity index is 346. The van der Waals surface area contributed by atoms with Gasteiger partial charge in [-0.2, -0.15) is 0 Å². The predicted octanol–water partition coefficient (Wildman–Crippen LogP) is 5.41. The first-order chi connectivity index (χ1) is 11.6. The Morgan fingerprint density at radius 2 is 1.29 bits per heavy atom. The van der Waals surface area contributed by atoms with Gasteiger partial charge in [0.2, 0.25) is 0 Å². The van der Waals surface area contributed by atoms with Gasteiger partial charge in [-0.25, -0.2) is 0 Å². The average molecular weight is 339 g/mol. The van der Waals surface area contributed by atoms with Crippen molar-refractivity contribution in [1.29, 1.82) is 0 Å². The van der Waals surface area contributed by atoms with E-state index in [1.807, 2.05) is 0 Å². The molecule has 3 aliphatic rings. The summed E-state index contributed by atoms with van der Waals surface area (Å²) in [5, 5.41) is 18.4. The van der Waals surface area contributed by atoms with E-state index < -0.39 is 5.97 Å². The molecule has 0 aromatic heterocycles. The maximum absolute atomic E-state index is 10.8. The summed E-state index contributed by atoms with van der Waals surface area (Å²) in [7, 11) is 0. The van der Waals surface area contributed by atoms with Crippen molar-refractivity contribution in [2.24, 2.45) is 23.7 Å². The predicted molar refractivity (Wildman–Crippen MR) is 97.9 cm³/mol. The quantitative estimate of drug-likeness (QED) is 0.724. The van der Waals surface area contributed by atoms with Crippen molar-refractivity contribution in [3.05, 3.63) is 0 Å². The number of aliphatic hydroxyl groups excluding tert-OH is 1. The molecule has 0 amide bonds. The molecule has 0 aromatic rings. The number of aliphatic hydroxyl groups is 1. The van der Waals surface area contributed by atoms with E-state index in [0.29, 0.717) is 0 Å². The second kappa shape index (κ2) is 10.4. The van der Waals surface area contributed by atoms with Gasteiger partial charge in [0.15, 0.2) is 0 Å². The maximum atomic E-state index is 10.8. The molecule has 0 aliphatic heterocycles. The lowest BCUT2D eigenvalue weighted by Crippen LogP contribution is -2.29. The molecule has 0 aromatic carbocycles. The molecule has 3 nitrogen and oxygen atoms in total. The van der Waals surface area contributed by atoms with E-state index in [4.69, 9.17) is 5.11 Å². The van der Waals surface area contributed by atoms with E-state index in [0.717, 1.165) is 69.1 Å². The van der Waals surface area contributed by atoms with Crippen LogP contribution in [0.1, 0.15) is 96.8 Å². The monoisotopic (exact) mass is 338 g/mol. The molecule has 0 heterocycles. The maximum Gasteiger partial charge on any atom is 0.306 e. The van der Waals surface area contributed by atoms with E-state index in [1.165, 1.54) is 38.5 Å². The van der Waals surface area contributed by atoms with E-state index in [9.17, 15) is 9.90 Å². The number of rotatable bonds is 3. The second-order valence-corrected chi connectivity index (χ2v) is 8.43. The lowest BCUT2D eigenvalue weighted by molar-refractivity contribution is -0.143. The summed E-state index contributed by atoms with van der Waals surface area (Å²) in [6.45, 7) is 2.32. The van der Waals surface area contributed by atoms with Crippen LogP contribution in [0.3, 0.4) is 0 Å². The Labute approximate surface area is 148 Å². The summed E-state index contributed by atoms with van der Waals surface area (Å²) < 4.78 is 0. The highest BCUT2D eigenvalue weighted by atomic mass is 16.4. The standard InChI is InChI=1S/C13H22O3.C8H16/c14-12-7-5-10(6-8-12)9-1-3-11(4-2-9)13(15)16;1-2-8-6-4-3-5-7-8/h9-12,14H,1-8H2,(H,15,16);8H,2-7H2,1H3. The topological polar surface area (TPSA) is 57.5 Å². The first-order valence-electron chi connectivity index (χ1n) is 10.5. The fourth-order valence-electron chi connectivity index (χ4n) is 5.01. The molecule has 3 saturated carbocycles. The van der Waals surface area contributed by atoms with Crippen molar-refractivity contribution in [2.75, 3.05) is 0 Å².